The summed E-state index contributed by atoms with van der Waals surface area (Å²) in [6, 6.07) is 10.5. The molecular formula is C18H13Cl2N5OS. The van der Waals surface area contributed by atoms with Crippen LogP contribution < -0.4 is 5.32 Å². The lowest BCUT2D eigenvalue weighted by molar-refractivity contribution is 0.102. The Bertz CT molecular complexity index is 1180. The van der Waals surface area contributed by atoms with E-state index in [9.17, 15) is 4.79 Å². The average Bonchev–Trinajstić information content (AvgIpc) is 3.19. The molecule has 0 unspecified atom stereocenters. The summed E-state index contributed by atoms with van der Waals surface area (Å²) in [7, 11) is 0. The van der Waals surface area contributed by atoms with Crippen LogP contribution in [-0.2, 0) is 0 Å². The van der Waals surface area contributed by atoms with Gasteiger partial charge in [0.05, 0.1) is 10.6 Å². The van der Waals surface area contributed by atoms with Crippen molar-refractivity contribution in [3.63, 3.8) is 0 Å². The number of nitrogens with zero attached hydrogens (tertiary/aromatic N) is 4. The number of hydrogen-bond donors (Lipinski definition) is 1. The van der Waals surface area contributed by atoms with Gasteiger partial charge in [-0.05, 0) is 55.8 Å². The van der Waals surface area contributed by atoms with Gasteiger partial charge >= 0.3 is 0 Å². The van der Waals surface area contributed by atoms with Crippen LogP contribution in [0.4, 0.5) is 5.69 Å². The Hall–Kier alpha value is -2.48. The van der Waals surface area contributed by atoms with Crippen molar-refractivity contribution in [1.82, 2.24) is 19.8 Å². The van der Waals surface area contributed by atoms with E-state index >= 15 is 0 Å². The molecule has 2 aromatic carbocycles. The quantitative estimate of drug-likeness (QED) is 0.507. The maximum atomic E-state index is 12.5. The van der Waals surface area contributed by atoms with Crippen LogP contribution in [0.5, 0.6) is 0 Å². The third kappa shape index (κ3) is 3.41. The Morgan fingerprint density at radius 3 is 2.63 bits per heavy atom. The average molecular weight is 418 g/mol. The fourth-order valence-corrected chi connectivity index (χ4v) is 4.01. The summed E-state index contributed by atoms with van der Waals surface area (Å²) >= 11 is 13.5. The Balaban J connectivity index is 1.60. The van der Waals surface area contributed by atoms with Crippen molar-refractivity contribution in [3.8, 4) is 10.6 Å². The standard InChI is InChI=1S/C18H13Cl2N5OS/c1-9-7-11(17-24-25-10(2)22-23-18(25)27-17)3-6-15(9)21-16(26)13-5-4-12(19)8-14(13)20/h3-8H,1-2H3,(H,21,26). The number of amides is 1. The van der Waals surface area contributed by atoms with Crippen molar-refractivity contribution in [1.29, 1.82) is 0 Å². The summed E-state index contributed by atoms with van der Waals surface area (Å²) in [6.45, 7) is 3.78. The van der Waals surface area contributed by atoms with Gasteiger partial charge in [0, 0.05) is 16.3 Å². The summed E-state index contributed by atoms with van der Waals surface area (Å²) in [5.41, 5.74) is 2.93. The Labute approximate surface area is 168 Å². The molecule has 4 aromatic rings. The van der Waals surface area contributed by atoms with Gasteiger partial charge in [-0.3, -0.25) is 4.79 Å². The van der Waals surface area contributed by atoms with Crippen molar-refractivity contribution in [3.05, 3.63) is 63.4 Å². The molecule has 0 aliphatic carbocycles. The zero-order valence-electron chi connectivity index (χ0n) is 14.3. The summed E-state index contributed by atoms with van der Waals surface area (Å²) in [5, 5.41) is 17.1. The molecule has 2 aromatic heterocycles. The summed E-state index contributed by atoms with van der Waals surface area (Å²) in [4.78, 5) is 13.3. The molecule has 4 rings (SSSR count). The molecule has 1 amide bonds. The number of aromatic nitrogens is 4. The first-order valence-electron chi connectivity index (χ1n) is 7.98. The molecule has 0 saturated carbocycles. The van der Waals surface area contributed by atoms with Gasteiger partial charge in [-0.25, -0.2) is 0 Å². The summed E-state index contributed by atoms with van der Waals surface area (Å²) < 4.78 is 1.72. The number of benzene rings is 2. The van der Waals surface area contributed by atoms with Crippen LogP contribution in [0.3, 0.4) is 0 Å². The minimum atomic E-state index is -0.290. The van der Waals surface area contributed by atoms with E-state index in [4.69, 9.17) is 23.2 Å². The van der Waals surface area contributed by atoms with E-state index in [1.54, 1.807) is 22.7 Å². The molecule has 9 heteroatoms. The summed E-state index contributed by atoms with van der Waals surface area (Å²) in [5.74, 6) is 0.454. The Kier molecular flexibility index (Phi) is 4.59. The number of halogens is 2. The first-order valence-corrected chi connectivity index (χ1v) is 9.56. The van der Waals surface area contributed by atoms with Gasteiger partial charge in [0.25, 0.3) is 5.91 Å². The highest BCUT2D eigenvalue weighted by atomic mass is 35.5. The summed E-state index contributed by atoms with van der Waals surface area (Å²) in [6.07, 6.45) is 0. The second kappa shape index (κ2) is 6.92. The highest BCUT2D eigenvalue weighted by Gasteiger charge is 2.14. The molecule has 0 spiro atoms. The van der Waals surface area contributed by atoms with E-state index in [1.165, 1.54) is 11.3 Å². The largest absolute Gasteiger partial charge is 0.322 e. The molecule has 6 nitrogen and oxygen atoms in total. The molecule has 136 valence electrons. The van der Waals surface area contributed by atoms with Gasteiger partial charge in [0.1, 0.15) is 5.01 Å². The van der Waals surface area contributed by atoms with E-state index in [2.05, 4.69) is 20.6 Å². The first-order chi connectivity index (χ1) is 12.9. The Morgan fingerprint density at radius 2 is 1.93 bits per heavy atom. The lowest BCUT2D eigenvalue weighted by Crippen LogP contribution is -2.13. The number of carbonyl (C=O) groups is 1. The van der Waals surface area contributed by atoms with Crippen LogP contribution in [0.25, 0.3) is 15.5 Å². The van der Waals surface area contributed by atoms with Crippen molar-refractivity contribution >= 4 is 51.1 Å². The zero-order valence-corrected chi connectivity index (χ0v) is 16.7. The second-order valence-corrected chi connectivity index (χ2v) is 7.76. The van der Waals surface area contributed by atoms with Crippen molar-refractivity contribution in [2.24, 2.45) is 0 Å². The number of fused-ring (bicyclic) bond motifs is 1. The van der Waals surface area contributed by atoms with Crippen LogP contribution in [0.15, 0.2) is 36.4 Å². The molecule has 0 radical (unpaired) electrons. The number of carbonyl (C=O) groups excluding carboxylic acids is 1. The van der Waals surface area contributed by atoms with Crippen LogP contribution in [-0.4, -0.2) is 25.7 Å². The van der Waals surface area contributed by atoms with Gasteiger partial charge < -0.3 is 5.32 Å². The number of nitrogens with one attached hydrogen (secondary N) is 1. The highest BCUT2D eigenvalue weighted by Crippen LogP contribution is 2.29. The SMILES string of the molecule is Cc1cc(-c2nn3c(C)nnc3s2)ccc1NC(=O)c1ccc(Cl)cc1Cl. The molecule has 0 saturated heterocycles. The minimum absolute atomic E-state index is 0.290. The molecule has 1 N–H and O–H groups in total. The molecule has 2 heterocycles. The van der Waals surface area contributed by atoms with E-state index in [0.29, 0.717) is 21.3 Å². The molecule has 0 aliphatic heterocycles. The minimum Gasteiger partial charge on any atom is -0.322 e. The van der Waals surface area contributed by atoms with Gasteiger partial charge in [-0.1, -0.05) is 34.5 Å². The zero-order chi connectivity index (χ0) is 19.1. The van der Waals surface area contributed by atoms with Gasteiger partial charge in [-0.15, -0.1) is 10.2 Å². The maximum Gasteiger partial charge on any atom is 0.257 e. The molecule has 0 bridgehead atoms. The number of rotatable bonds is 3. The second-order valence-electron chi connectivity index (χ2n) is 5.96. The van der Waals surface area contributed by atoms with Gasteiger partial charge in [0.15, 0.2) is 5.82 Å². The molecular weight excluding hydrogens is 405 g/mol. The normalized spacial score (nSPS) is 11.1. The number of aryl methyl sites for hydroxylation is 2. The Morgan fingerprint density at radius 1 is 1.11 bits per heavy atom. The van der Waals surface area contributed by atoms with Crippen molar-refractivity contribution in [2.75, 3.05) is 5.32 Å². The first kappa shape index (κ1) is 17.9. The maximum absolute atomic E-state index is 12.5. The fourth-order valence-electron chi connectivity index (χ4n) is 2.63. The van der Waals surface area contributed by atoms with Crippen molar-refractivity contribution in [2.45, 2.75) is 13.8 Å². The van der Waals surface area contributed by atoms with Gasteiger partial charge in [-0.2, -0.15) is 9.61 Å². The highest BCUT2D eigenvalue weighted by molar-refractivity contribution is 7.19. The number of hydrogen-bond acceptors (Lipinski definition) is 5. The van der Waals surface area contributed by atoms with Crippen LogP contribution >= 0.6 is 34.5 Å². The molecule has 0 fully saturated rings. The predicted molar refractivity (Wildman–Crippen MR) is 108 cm³/mol. The van der Waals surface area contributed by atoms with E-state index in [1.807, 2.05) is 32.0 Å². The third-order valence-corrected chi connectivity index (χ3v) is 5.54. The molecule has 0 aliphatic rings. The monoisotopic (exact) mass is 417 g/mol. The van der Waals surface area contributed by atoms with E-state index in [-0.39, 0.29) is 5.91 Å². The lowest BCUT2D eigenvalue weighted by atomic mass is 10.1. The topological polar surface area (TPSA) is 72.2 Å². The van der Waals surface area contributed by atoms with Crippen LogP contribution in [0.1, 0.15) is 21.7 Å². The molecule has 27 heavy (non-hydrogen) atoms. The smallest absolute Gasteiger partial charge is 0.257 e. The van der Waals surface area contributed by atoms with Gasteiger partial charge in [0.2, 0.25) is 4.96 Å². The van der Waals surface area contributed by atoms with Crippen molar-refractivity contribution < 1.29 is 4.79 Å². The fraction of sp³-hybridized carbons (Fsp3) is 0.111. The molecule has 0 atom stereocenters. The predicted octanol–water partition coefficient (Wildman–Crippen LogP) is 5.03. The van der Waals surface area contributed by atoms with Crippen LogP contribution in [0.2, 0.25) is 10.0 Å². The van der Waals surface area contributed by atoms with E-state index < -0.39 is 0 Å². The third-order valence-electron chi connectivity index (χ3n) is 4.04. The number of anilines is 1. The lowest BCUT2D eigenvalue weighted by Gasteiger charge is -2.10. The van der Waals surface area contributed by atoms with Crippen LogP contribution in [0, 0.1) is 13.8 Å². The van der Waals surface area contributed by atoms with E-state index in [0.717, 1.165) is 26.9 Å².